The van der Waals surface area contributed by atoms with Gasteiger partial charge in [0, 0.05) is 17.9 Å². The van der Waals surface area contributed by atoms with Crippen molar-refractivity contribution in [1.82, 2.24) is 15.0 Å². The number of piperidine rings is 1. The normalized spacial score (nSPS) is 16.9. The average molecular weight is 426 g/mol. The third-order valence-electron chi connectivity index (χ3n) is 4.94. The van der Waals surface area contributed by atoms with Gasteiger partial charge in [0.05, 0.1) is 17.3 Å². The number of anilines is 2. The predicted octanol–water partition coefficient (Wildman–Crippen LogP) is 3.51. The first-order chi connectivity index (χ1) is 14.6. The number of amides is 2. The van der Waals surface area contributed by atoms with E-state index in [2.05, 4.69) is 25.7 Å². The SMILES string of the molecule is Cc1noc(C2CCCN(CC(=O)Nc3ccc(NC(=O)c4cccs4)cc3)C2)n1. The first kappa shape index (κ1) is 20.2. The van der Waals surface area contributed by atoms with Crippen LogP contribution in [0.2, 0.25) is 0 Å². The van der Waals surface area contributed by atoms with Crippen LogP contribution in [0.3, 0.4) is 0 Å². The predicted molar refractivity (Wildman–Crippen MR) is 115 cm³/mol. The van der Waals surface area contributed by atoms with Crippen LogP contribution in [0.5, 0.6) is 0 Å². The number of carbonyl (C=O) groups is 2. The highest BCUT2D eigenvalue weighted by Gasteiger charge is 2.26. The molecular weight excluding hydrogens is 402 g/mol. The number of aromatic nitrogens is 2. The van der Waals surface area contributed by atoms with Crippen LogP contribution in [0, 0.1) is 6.92 Å². The maximum Gasteiger partial charge on any atom is 0.265 e. The largest absolute Gasteiger partial charge is 0.339 e. The van der Waals surface area contributed by atoms with Crippen molar-refractivity contribution in [3.8, 4) is 0 Å². The summed E-state index contributed by atoms with van der Waals surface area (Å²) < 4.78 is 5.30. The summed E-state index contributed by atoms with van der Waals surface area (Å²) >= 11 is 1.39. The third kappa shape index (κ3) is 5.11. The van der Waals surface area contributed by atoms with Crippen LogP contribution < -0.4 is 10.6 Å². The van der Waals surface area contributed by atoms with Gasteiger partial charge in [0.25, 0.3) is 5.91 Å². The lowest BCUT2D eigenvalue weighted by Crippen LogP contribution is -2.39. The van der Waals surface area contributed by atoms with Gasteiger partial charge in [-0.1, -0.05) is 11.2 Å². The molecule has 2 aromatic heterocycles. The lowest BCUT2D eigenvalue weighted by Gasteiger charge is -2.30. The number of hydrogen-bond donors (Lipinski definition) is 2. The summed E-state index contributed by atoms with van der Waals surface area (Å²) in [5.74, 6) is 1.23. The summed E-state index contributed by atoms with van der Waals surface area (Å²) in [7, 11) is 0. The number of carbonyl (C=O) groups excluding carboxylic acids is 2. The van der Waals surface area contributed by atoms with E-state index in [0.29, 0.717) is 34.5 Å². The third-order valence-corrected chi connectivity index (χ3v) is 5.81. The average Bonchev–Trinajstić information content (AvgIpc) is 3.42. The first-order valence-electron chi connectivity index (χ1n) is 9.84. The zero-order valence-corrected chi connectivity index (χ0v) is 17.4. The van der Waals surface area contributed by atoms with E-state index in [-0.39, 0.29) is 17.7 Å². The minimum Gasteiger partial charge on any atom is -0.339 e. The lowest BCUT2D eigenvalue weighted by atomic mass is 9.98. The maximum atomic E-state index is 12.5. The van der Waals surface area contributed by atoms with Gasteiger partial charge in [-0.15, -0.1) is 11.3 Å². The van der Waals surface area contributed by atoms with Crippen LogP contribution in [0.15, 0.2) is 46.3 Å². The zero-order valence-electron chi connectivity index (χ0n) is 16.6. The van der Waals surface area contributed by atoms with Gasteiger partial charge in [-0.3, -0.25) is 14.5 Å². The van der Waals surface area contributed by atoms with E-state index >= 15 is 0 Å². The summed E-state index contributed by atoms with van der Waals surface area (Å²) in [5, 5.41) is 11.5. The Hall–Kier alpha value is -3.04. The van der Waals surface area contributed by atoms with E-state index in [0.717, 1.165) is 25.9 Å². The van der Waals surface area contributed by atoms with Crippen molar-refractivity contribution in [1.29, 1.82) is 0 Å². The number of hydrogen-bond acceptors (Lipinski definition) is 7. The van der Waals surface area contributed by atoms with Crippen molar-refractivity contribution in [3.63, 3.8) is 0 Å². The van der Waals surface area contributed by atoms with E-state index in [9.17, 15) is 9.59 Å². The molecule has 30 heavy (non-hydrogen) atoms. The Kier molecular flexibility index (Phi) is 6.20. The van der Waals surface area contributed by atoms with Gasteiger partial charge in [0.15, 0.2) is 5.82 Å². The Bertz CT molecular complexity index is 1000. The van der Waals surface area contributed by atoms with Crippen LogP contribution >= 0.6 is 11.3 Å². The number of aryl methyl sites for hydroxylation is 1. The standard InChI is InChI=1S/C21H23N5O3S/c1-14-22-21(29-25-14)15-4-2-10-26(12-15)13-19(27)23-16-6-8-17(9-7-16)24-20(28)18-5-3-11-30-18/h3,5-9,11,15H,2,4,10,12-13H2,1H3,(H,23,27)(H,24,28). The minimum atomic E-state index is -0.141. The fraction of sp³-hybridized carbons (Fsp3) is 0.333. The summed E-state index contributed by atoms with van der Waals surface area (Å²) in [6, 6.07) is 10.7. The second-order valence-corrected chi connectivity index (χ2v) is 8.26. The van der Waals surface area contributed by atoms with E-state index in [4.69, 9.17) is 4.52 Å². The summed E-state index contributed by atoms with van der Waals surface area (Å²) in [6.45, 7) is 3.70. The molecule has 2 amide bonds. The van der Waals surface area contributed by atoms with Gasteiger partial charge >= 0.3 is 0 Å². The summed E-state index contributed by atoms with van der Waals surface area (Å²) in [5.41, 5.74) is 1.37. The highest BCUT2D eigenvalue weighted by Crippen LogP contribution is 2.25. The van der Waals surface area contributed by atoms with Crippen LogP contribution in [0.1, 0.15) is 40.1 Å². The van der Waals surface area contributed by atoms with E-state index in [1.807, 2.05) is 11.4 Å². The molecule has 3 aromatic rings. The molecule has 156 valence electrons. The summed E-state index contributed by atoms with van der Waals surface area (Å²) in [4.78, 5) is 31.7. The van der Waals surface area contributed by atoms with E-state index < -0.39 is 0 Å². The van der Waals surface area contributed by atoms with Crippen molar-refractivity contribution in [2.24, 2.45) is 0 Å². The van der Waals surface area contributed by atoms with Crippen molar-refractivity contribution in [2.75, 3.05) is 30.3 Å². The lowest BCUT2D eigenvalue weighted by molar-refractivity contribution is -0.117. The molecule has 0 radical (unpaired) electrons. The van der Waals surface area contributed by atoms with Crippen LogP contribution in [-0.2, 0) is 4.79 Å². The Morgan fingerprint density at radius 2 is 1.97 bits per heavy atom. The van der Waals surface area contributed by atoms with E-state index in [1.54, 1.807) is 37.3 Å². The van der Waals surface area contributed by atoms with Gasteiger partial charge in [-0.05, 0) is 62.0 Å². The Labute approximate surface area is 178 Å². The van der Waals surface area contributed by atoms with Crippen molar-refractivity contribution < 1.29 is 14.1 Å². The molecule has 0 bridgehead atoms. The van der Waals surface area contributed by atoms with Crippen LogP contribution in [-0.4, -0.2) is 46.5 Å². The molecule has 3 heterocycles. The number of thiophene rings is 1. The molecule has 1 aromatic carbocycles. The van der Waals surface area contributed by atoms with E-state index in [1.165, 1.54) is 11.3 Å². The smallest absolute Gasteiger partial charge is 0.265 e. The molecule has 1 aliphatic heterocycles. The van der Waals surface area contributed by atoms with Crippen LogP contribution in [0.4, 0.5) is 11.4 Å². The molecule has 0 saturated carbocycles. The first-order valence-corrected chi connectivity index (χ1v) is 10.7. The second kappa shape index (κ2) is 9.19. The monoisotopic (exact) mass is 425 g/mol. The number of benzene rings is 1. The minimum absolute atomic E-state index is 0.0762. The number of nitrogens with zero attached hydrogens (tertiary/aromatic N) is 3. The molecule has 2 N–H and O–H groups in total. The van der Waals surface area contributed by atoms with Crippen molar-refractivity contribution in [2.45, 2.75) is 25.7 Å². The van der Waals surface area contributed by atoms with Crippen LogP contribution in [0.25, 0.3) is 0 Å². The van der Waals surface area contributed by atoms with Gasteiger partial charge in [-0.2, -0.15) is 4.98 Å². The van der Waals surface area contributed by atoms with Gasteiger partial charge in [0.1, 0.15) is 0 Å². The molecule has 1 saturated heterocycles. The number of rotatable bonds is 6. The zero-order chi connectivity index (χ0) is 20.9. The highest BCUT2D eigenvalue weighted by molar-refractivity contribution is 7.12. The molecule has 1 atom stereocenters. The molecule has 4 rings (SSSR count). The molecule has 1 unspecified atom stereocenters. The molecule has 0 spiro atoms. The van der Waals surface area contributed by atoms with Gasteiger partial charge < -0.3 is 15.2 Å². The maximum absolute atomic E-state index is 12.5. The molecule has 0 aliphatic carbocycles. The van der Waals surface area contributed by atoms with Crippen molar-refractivity contribution in [3.05, 3.63) is 58.4 Å². The number of likely N-dealkylation sites (tertiary alicyclic amines) is 1. The van der Waals surface area contributed by atoms with Gasteiger partial charge in [-0.25, -0.2) is 0 Å². The molecule has 9 heteroatoms. The fourth-order valence-corrected chi connectivity index (χ4v) is 4.14. The molecule has 1 fully saturated rings. The van der Waals surface area contributed by atoms with Gasteiger partial charge in [0.2, 0.25) is 11.8 Å². The van der Waals surface area contributed by atoms with Crippen molar-refractivity contribution >= 4 is 34.5 Å². The molecular formula is C21H23N5O3S. The Balaban J connectivity index is 1.28. The number of nitrogens with one attached hydrogen (secondary N) is 2. The highest BCUT2D eigenvalue weighted by atomic mass is 32.1. The molecule has 8 nitrogen and oxygen atoms in total. The Morgan fingerprint density at radius 1 is 1.20 bits per heavy atom. The fourth-order valence-electron chi connectivity index (χ4n) is 3.52. The summed E-state index contributed by atoms with van der Waals surface area (Å²) in [6.07, 6.45) is 1.97. The topological polar surface area (TPSA) is 100 Å². The quantitative estimate of drug-likeness (QED) is 0.627. The Morgan fingerprint density at radius 3 is 2.63 bits per heavy atom. The molecule has 1 aliphatic rings. The second-order valence-electron chi connectivity index (χ2n) is 7.31.